The van der Waals surface area contributed by atoms with Crippen molar-refractivity contribution in [2.24, 2.45) is 5.73 Å². The monoisotopic (exact) mass is 316 g/mol. The van der Waals surface area contributed by atoms with Crippen molar-refractivity contribution >= 4 is 29.7 Å². The molecule has 110 valence electrons. The van der Waals surface area contributed by atoms with Crippen LogP contribution in [0, 0.1) is 0 Å². The standard InChI is InChI=1S/C13H17ClN4O.ClH/c14-10-1-2-13-16-11(8-18(13)6-10)7-17-3-4-19-12(5-15)9-17;/h1-2,6,8,12H,3-5,7,9,15H2;1H. The normalized spacial score (nSPS) is 20.0. The quantitative estimate of drug-likeness (QED) is 0.934. The Labute approximate surface area is 129 Å². The predicted octanol–water partition coefficient (Wildman–Crippen LogP) is 1.57. The minimum absolute atomic E-state index is 0. The fourth-order valence-electron chi connectivity index (χ4n) is 2.39. The van der Waals surface area contributed by atoms with Gasteiger partial charge in [0, 0.05) is 38.6 Å². The summed E-state index contributed by atoms with van der Waals surface area (Å²) in [6.45, 7) is 3.91. The lowest BCUT2D eigenvalue weighted by Gasteiger charge is -2.31. The van der Waals surface area contributed by atoms with E-state index in [0.717, 1.165) is 37.6 Å². The number of ether oxygens (including phenoxy) is 1. The number of rotatable bonds is 3. The van der Waals surface area contributed by atoms with Gasteiger partial charge in [-0.05, 0) is 12.1 Å². The number of pyridine rings is 1. The van der Waals surface area contributed by atoms with Gasteiger partial charge in [0.25, 0.3) is 0 Å². The van der Waals surface area contributed by atoms with Crippen LogP contribution in [-0.2, 0) is 11.3 Å². The molecule has 0 amide bonds. The van der Waals surface area contributed by atoms with Gasteiger partial charge < -0.3 is 14.9 Å². The Bertz CT molecular complexity index is 574. The fourth-order valence-corrected chi connectivity index (χ4v) is 2.56. The highest BCUT2D eigenvalue weighted by molar-refractivity contribution is 6.30. The Morgan fingerprint density at radius 3 is 3.05 bits per heavy atom. The second-order valence-corrected chi connectivity index (χ2v) is 5.25. The summed E-state index contributed by atoms with van der Waals surface area (Å²) in [7, 11) is 0. The van der Waals surface area contributed by atoms with Crippen LogP contribution in [0.2, 0.25) is 5.02 Å². The Kier molecular flexibility index (Phi) is 5.23. The first-order valence-corrected chi connectivity index (χ1v) is 6.79. The summed E-state index contributed by atoms with van der Waals surface area (Å²) in [5.74, 6) is 0. The highest BCUT2D eigenvalue weighted by atomic mass is 35.5. The van der Waals surface area contributed by atoms with E-state index < -0.39 is 0 Å². The molecule has 1 aliphatic heterocycles. The zero-order chi connectivity index (χ0) is 13.2. The first kappa shape index (κ1) is 15.5. The molecule has 1 saturated heterocycles. The predicted molar refractivity (Wildman–Crippen MR) is 81.5 cm³/mol. The first-order valence-electron chi connectivity index (χ1n) is 6.42. The molecular weight excluding hydrogens is 299 g/mol. The van der Waals surface area contributed by atoms with Crippen LogP contribution in [0.5, 0.6) is 0 Å². The highest BCUT2D eigenvalue weighted by Gasteiger charge is 2.19. The lowest BCUT2D eigenvalue weighted by molar-refractivity contribution is -0.0263. The maximum absolute atomic E-state index is 5.97. The van der Waals surface area contributed by atoms with Gasteiger partial charge in [0.2, 0.25) is 0 Å². The molecule has 2 aromatic heterocycles. The molecule has 1 atom stereocenters. The zero-order valence-electron chi connectivity index (χ0n) is 11.0. The summed E-state index contributed by atoms with van der Waals surface area (Å²) in [4.78, 5) is 6.91. The van der Waals surface area contributed by atoms with Crippen LogP contribution in [-0.4, -0.2) is 46.6 Å². The summed E-state index contributed by atoms with van der Waals surface area (Å²) in [5.41, 5.74) is 7.61. The van der Waals surface area contributed by atoms with Crippen molar-refractivity contribution in [2.45, 2.75) is 12.6 Å². The summed E-state index contributed by atoms with van der Waals surface area (Å²) in [6, 6.07) is 3.78. The van der Waals surface area contributed by atoms with Crippen molar-refractivity contribution in [1.82, 2.24) is 14.3 Å². The van der Waals surface area contributed by atoms with Crippen LogP contribution in [0.25, 0.3) is 5.65 Å². The molecule has 3 rings (SSSR count). The van der Waals surface area contributed by atoms with Crippen LogP contribution in [0.15, 0.2) is 24.5 Å². The summed E-state index contributed by atoms with van der Waals surface area (Å²) in [5, 5.41) is 0.714. The van der Waals surface area contributed by atoms with Crippen LogP contribution < -0.4 is 5.73 Å². The Hall–Kier alpha value is -0.850. The molecule has 1 unspecified atom stereocenters. The van der Waals surface area contributed by atoms with Crippen molar-refractivity contribution < 1.29 is 4.74 Å². The molecule has 0 radical (unpaired) electrons. The van der Waals surface area contributed by atoms with Crippen LogP contribution in [0.3, 0.4) is 0 Å². The van der Waals surface area contributed by atoms with Gasteiger partial charge in [-0.2, -0.15) is 0 Å². The number of imidazole rings is 1. The van der Waals surface area contributed by atoms with Crippen LogP contribution in [0.1, 0.15) is 5.69 Å². The summed E-state index contributed by atoms with van der Waals surface area (Å²) >= 11 is 5.97. The maximum atomic E-state index is 5.97. The van der Waals surface area contributed by atoms with Gasteiger partial charge in [0.1, 0.15) is 5.65 Å². The molecule has 2 N–H and O–H groups in total. The summed E-state index contributed by atoms with van der Waals surface area (Å²) in [6.07, 6.45) is 4.03. The SMILES string of the molecule is Cl.NCC1CN(Cc2cn3cc(Cl)ccc3n2)CCO1. The zero-order valence-corrected chi connectivity index (χ0v) is 12.6. The van der Waals surface area contributed by atoms with Gasteiger partial charge in [-0.3, -0.25) is 4.90 Å². The molecule has 3 heterocycles. The van der Waals surface area contributed by atoms with E-state index in [0.29, 0.717) is 11.6 Å². The van der Waals surface area contributed by atoms with E-state index in [1.165, 1.54) is 0 Å². The number of aromatic nitrogens is 2. The topological polar surface area (TPSA) is 55.8 Å². The number of nitrogens with zero attached hydrogens (tertiary/aromatic N) is 3. The molecule has 0 bridgehead atoms. The van der Waals surface area contributed by atoms with Crippen molar-refractivity contribution in [3.8, 4) is 0 Å². The van der Waals surface area contributed by atoms with Gasteiger partial charge in [-0.15, -0.1) is 12.4 Å². The lowest BCUT2D eigenvalue weighted by atomic mass is 10.2. The fraction of sp³-hybridized carbons (Fsp3) is 0.462. The summed E-state index contributed by atoms with van der Waals surface area (Å²) < 4.78 is 7.52. The average Bonchev–Trinajstić information content (AvgIpc) is 2.80. The Balaban J connectivity index is 0.00000147. The van der Waals surface area contributed by atoms with E-state index in [9.17, 15) is 0 Å². The molecular formula is C13H18Cl2N4O. The molecule has 0 saturated carbocycles. The molecule has 5 nitrogen and oxygen atoms in total. The van der Waals surface area contributed by atoms with Gasteiger partial charge in [-0.25, -0.2) is 4.98 Å². The second-order valence-electron chi connectivity index (χ2n) is 4.81. The van der Waals surface area contributed by atoms with Gasteiger partial charge in [0.05, 0.1) is 23.4 Å². The largest absolute Gasteiger partial charge is 0.374 e. The number of nitrogens with two attached hydrogens (primary N) is 1. The maximum Gasteiger partial charge on any atom is 0.137 e. The number of hydrogen-bond acceptors (Lipinski definition) is 4. The van der Waals surface area contributed by atoms with Gasteiger partial charge in [0.15, 0.2) is 0 Å². The molecule has 0 spiro atoms. The van der Waals surface area contributed by atoms with E-state index in [1.54, 1.807) is 0 Å². The van der Waals surface area contributed by atoms with Gasteiger partial charge in [-0.1, -0.05) is 11.6 Å². The second kappa shape index (κ2) is 6.74. The number of morpholine rings is 1. The van der Waals surface area contributed by atoms with Crippen molar-refractivity contribution in [1.29, 1.82) is 0 Å². The minimum Gasteiger partial charge on any atom is -0.374 e. The third-order valence-corrected chi connectivity index (χ3v) is 3.56. The third kappa shape index (κ3) is 3.42. The molecule has 0 aromatic carbocycles. The number of halogens is 2. The minimum atomic E-state index is 0. The van der Waals surface area contributed by atoms with E-state index in [4.69, 9.17) is 22.1 Å². The highest BCUT2D eigenvalue weighted by Crippen LogP contribution is 2.14. The molecule has 1 fully saturated rings. The smallest absolute Gasteiger partial charge is 0.137 e. The van der Waals surface area contributed by atoms with Crippen molar-refractivity contribution in [3.05, 3.63) is 35.2 Å². The number of fused-ring (bicyclic) bond motifs is 1. The van der Waals surface area contributed by atoms with Crippen molar-refractivity contribution in [2.75, 3.05) is 26.2 Å². The van der Waals surface area contributed by atoms with Crippen molar-refractivity contribution in [3.63, 3.8) is 0 Å². The van der Waals surface area contributed by atoms with E-state index in [2.05, 4.69) is 9.88 Å². The van der Waals surface area contributed by atoms with E-state index in [1.807, 2.05) is 28.9 Å². The molecule has 1 aliphatic rings. The average molecular weight is 317 g/mol. The third-order valence-electron chi connectivity index (χ3n) is 3.34. The van der Waals surface area contributed by atoms with Crippen LogP contribution >= 0.6 is 24.0 Å². The Morgan fingerprint density at radius 2 is 2.25 bits per heavy atom. The molecule has 2 aromatic rings. The van der Waals surface area contributed by atoms with E-state index >= 15 is 0 Å². The van der Waals surface area contributed by atoms with Gasteiger partial charge >= 0.3 is 0 Å². The number of hydrogen-bond donors (Lipinski definition) is 1. The molecule has 0 aliphatic carbocycles. The molecule has 20 heavy (non-hydrogen) atoms. The Morgan fingerprint density at radius 1 is 1.40 bits per heavy atom. The van der Waals surface area contributed by atoms with E-state index in [-0.39, 0.29) is 18.5 Å². The lowest BCUT2D eigenvalue weighted by Crippen LogP contribution is -2.45. The first-order chi connectivity index (χ1) is 9.24. The molecule has 7 heteroatoms. The van der Waals surface area contributed by atoms with Crippen LogP contribution in [0.4, 0.5) is 0 Å².